The smallest absolute Gasteiger partial charge is 0.411 e. The van der Waals surface area contributed by atoms with Crippen molar-refractivity contribution < 1.29 is 33.3 Å². The highest BCUT2D eigenvalue weighted by Crippen LogP contribution is 2.41. The number of ether oxygens (including phenoxy) is 5. The van der Waals surface area contributed by atoms with Gasteiger partial charge in [0.05, 0.1) is 20.3 Å². The van der Waals surface area contributed by atoms with Gasteiger partial charge in [-0.15, -0.1) is 0 Å². The van der Waals surface area contributed by atoms with Gasteiger partial charge in [0.25, 0.3) is 0 Å². The summed E-state index contributed by atoms with van der Waals surface area (Å²) in [6.07, 6.45) is 5.96. The van der Waals surface area contributed by atoms with Crippen molar-refractivity contribution in [3.63, 3.8) is 0 Å². The van der Waals surface area contributed by atoms with Gasteiger partial charge in [0.2, 0.25) is 0 Å². The first kappa shape index (κ1) is 27.2. The van der Waals surface area contributed by atoms with Crippen molar-refractivity contribution in [1.29, 1.82) is 0 Å². The summed E-state index contributed by atoms with van der Waals surface area (Å²) < 4.78 is 29.1. The first-order valence-electron chi connectivity index (χ1n) is 14.0. The Bertz CT molecular complexity index is 1180. The summed E-state index contributed by atoms with van der Waals surface area (Å²) in [5.74, 6) is 2.30. The van der Waals surface area contributed by atoms with Gasteiger partial charge in [-0.25, -0.2) is 9.59 Å². The molecule has 1 amide bonds. The Balaban J connectivity index is 1.28. The first-order chi connectivity index (χ1) is 18.7. The molecule has 2 aromatic carbocycles. The molecule has 2 aromatic rings. The number of amides is 1. The number of carbonyl (C=O) groups is 2. The van der Waals surface area contributed by atoms with E-state index >= 15 is 0 Å². The molecule has 2 heterocycles. The van der Waals surface area contributed by atoms with Crippen LogP contribution in [0.4, 0.5) is 4.79 Å². The van der Waals surface area contributed by atoms with Crippen LogP contribution in [0.25, 0.3) is 0 Å². The molecule has 3 aliphatic rings. The molecule has 0 unspecified atom stereocenters. The van der Waals surface area contributed by atoms with Crippen LogP contribution in [0, 0.1) is 5.92 Å². The molecule has 1 aliphatic carbocycles. The number of methoxy groups -OCH3 is 1. The van der Waals surface area contributed by atoms with Gasteiger partial charge in [0.1, 0.15) is 24.0 Å². The minimum atomic E-state index is -0.772. The molecule has 39 heavy (non-hydrogen) atoms. The highest BCUT2D eigenvalue weighted by Gasteiger charge is 2.39. The number of carbonyl (C=O) groups excluding carboxylic acids is 2. The number of rotatable bonds is 5. The van der Waals surface area contributed by atoms with Crippen LogP contribution in [-0.4, -0.2) is 48.9 Å². The van der Waals surface area contributed by atoms with E-state index in [2.05, 4.69) is 0 Å². The molecular formula is C31H39NO7. The topological polar surface area (TPSA) is 83.5 Å². The molecule has 0 bridgehead atoms. The van der Waals surface area contributed by atoms with Crippen molar-refractivity contribution in [2.75, 3.05) is 20.3 Å². The summed E-state index contributed by atoms with van der Waals surface area (Å²) >= 11 is 0. The Labute approximate surface area is 230 Å². The standard InChI is InChI=1S/C31H39NO7/c1-31(2,3)39-30(34)32-17-23-16-27-26(15-22(23)14-25(32)29(33)35-4)37-19-28(38-27)21-10-12-24(13-11-21)36-18-20-8-6-5-7-9-20/h10-13,15-16,20,25,28H,5-9,14,17-19H2,1-4H3/t25-,28+/m0/s1. The lowest BCUT2D eigenvalue weighted by atomic mass is 9.90. The Morgan fingerprint density at radius 3 is 2.41 bits per heavy atom. The van der Waals surface area contributed by atoms with Gasteiger partial charge < -0.3 is 23.7 Å². The minimum Gasteiger partial charge on any atom is -0.493 e. The first-order valence-corrected chi connectivity index (χ1v) is 14.0. The molecule has 0 spiro atoms. The second kappa shape index (κ2) is 11.4. The largest absolute Gasteiger partial charge is 0.493 e. The number of benzene rings is 2. The average molecular weight is 538 g/mol. The summed E-state index contributed by atoms with van der Waals surface area (Å²) in [6.45, 7) is 6.75. The van der Waals surface area contributed by atoms with Gasteiger partial charge in [0, 0.05) is 6.42 Å². The second-order valence-corrected chi connectivity index (χ2v) is 11.7. The van der Waals surface area contributed by atoms with Crippen LogP contribution in [0.3, 0.4) is 0 Å². The van der Waals surface area contributed by atoms with E-state index in [1.807, 2.05) is 36.4 Å². The van der Waals surface area contributed by atoms with Crippen molar-refractivity contribution in [2.45, 2.75) is 83.6 Å². The molecular weight excluding hydrogens is 498 g/mol. The van der Waals surface area contributed by atoms with Gasteiger partial charge >= 0.3 is 12.1 Å². The van der Waals surface area contributed by atoms with E-state index < -0.39 is 23.7 Å². The maximum atomic E-state index is 13.0. The fraction of sp³-hybridized carbons (Fsp3) is 0.548. The fourth-order valence-corrected chi connectivity index (χ4v) is 5.52. The summed E-state index contributed by atoms with van der Waals surface area (Å²) in [5, 5.41) is 0. The van der Waals surface area contributed by atoms with Crippen molar-refractivity contribution in [2.24, 2.45) is 5.92 Å². The van der Waals surface area contributed by atoms with E-state index in [1.165, 1.54) is 44.1 Å². The van der Waals surface area contributed by atoms with Crippen molar-refractivity contribution in [3.05, 3.63) is 53.1 Å². The molecule has 8 heteroatoms. The van der Waals surface area contributed by atoms with Crippen LogP contribution in [0.2, 0.25) is 0 Å². The van der Waals surface area contributed by atoms with Crippen molar-refractivity contribution >= 4 is 12.1 Å². The SMILES string of the molecule is COC(=O)[C@@H]1Cc2cc3c(cc2CN1C(=O)OC(C)(C)C)O[C@@H](c1ccc(OCC2CCCCC2)cc1)CO3. The molecule has 8 nitrogen and oxygen atoms in total. The molecule has 0 radical (unpaired) electrons. The summed E-state index contributed by atoms with van der Waals surface area (Å²) in [6, 6.07) is 11.1. The number of esters is 1. The number of nitrogens with zero attached hydrogens (tertiary/aromatic N) is 1. The van der Waals surface area contributed by atoms with Crippen molar-refractivity contribution in [1.82, 2.24) is 4.90 Å². The molecule has 0 N–H and O–H groups in total. The number of fused-ring (bicyclic) bond motifs is 2. The molecule has 1 fully saturated rings. The Morgan fingerprint density at radius 2 is 1.72 bits per heavy atom. The molecule has 0 saturated heterocycles. The van der Waals surface area contributed by atoms with E-state index in [0.29, 0.717) is 30.4 Å². The molecule has 2 aliphatic heterocycles. The maximum absolute atomic E-state index is 13.0. The van der Waals surface area contributed by atoms with Crippen LogP contribution in [-0.2, 0) is 27.2 Å². The zero-order chi connectivity index (χ0) is 27.6. The molecule has 210 valence electrons. The lowest BCUT2D eigenvalue weighted by molar-refractivity contribution is -0.147. The lowest BCUT2D eigenvalue weighted by Crippen LogP contribution is -2.50. The zero-order valence-corrected chi connectivity index (χ0v) is 23.4. The monoisotopic (exact) mass is 537 g/mol. The summed E-state index contributed by atoms with van der Waals surface area (Å²) in [7, 11) is 1.32. The van der Waals surface area contributed by atoms with Crippen molar-refractivity contribution in [3.8, 4) is 17.2 Å². The average Bonchev–Trinajstić information content (AvgIpc) is 2.93. The van der Waals surface area contributed by atoms with Gasteiger partial charge in [-0.2, -0.15) is 0 Å². The molecule has 1 saturated carbocycles. The minimum absolute atomic E-state index is 0.207. The van der Waals surface area contributed by atoms with Crippen LogP contribution in [0.1, 0.15) is 75.7 Å². The highest BCUT2D eigenvalue weighted by molar-refractivity contribution is 5.82. The van der Waals surface area contributed by atoms with Crippen LogP contribution >= 0.6 is 0 Å². The van der Waals surface area contributed by atoms with Gasteiger partial charge in [-0.05, 0) is 80.5 Å². The maximum Gasteiger partial charge on any atom is 0.411 e. The summed E-state index contributed by atoms with van der Waals surface area (Å²) in [5.41, 5.74) is 2.12. The van der Waals surface area contributed by atoms with E-state index in [9.17, 15) is 9.59 Å². The van der Waals surface area contributed by atoms with Gasteiger partial charge in [-0.3, -0.25) is 4.90 Å². The predicted octanol–water partition coefficient (Wildman–Crippen LogP) is 5.99. The number of hydrogen-bond donors (Lipinski definition) is 0. The normalized spacial score (nSPS) is 21.1. The molecule has 5 rings (SSSR count). The van der Waals surface area contributed by atoms with E-state index in [4.69, 9.17) is 23.7 Å². The third-order valence-corrected chi connectivity index (χ3v) is 7.62. The highest BCUT2D eigenvalue weighted by atomic mass is 16.6. The predicted molar refractivity (Wildman–Crippen MR) is 145 cm³/mol. The lowest BCUT2D eigenvalue weighted by Gasteiger charge is -2.37. The fourth-order valence-electron chi connectivity index (χ4n) is 5.52. The Kier molecular flexibility index (Phi) is 7.91. The van der Waals surface area contributed by atoms with Crippen LogP contribution in [0.15, 0.2) is 36.4 Å². The third kappa shape index (κ3) is 6.43. The Hall–Kier alpha value is -3.42. The van der Waals surface area contributed by atoms with Gasteiger partial charge in [-0.1, -0.05) is 31.4 Å². The van der Waals surface area contributed by atoms with E-state index in [-0.39, 0.29) is 12.6 Å². The van der Waals surface area contributed by atoms with E-state index in [0.717, 1.165) is 29.0 Å². The second-order valence-electron chi connectivity index (χ2n) is 11.7. The van der Waals surface area contributed by atoms with Crippen LogP contribution in [0.5, 0.6) is 17.2 Å². The number of hydrogen-bond acceptors (Lipinski definition) is 7. The molecule has 2 atom stereocenters. The zero-order valence-electron chi connectivity index (χ0n) is 23.4. The third-order valence-electron chi connectivity index (χ3n) is 7.62. The van der Waals surface area contributed by atoms with Crippen LogP contribution < -0.4 is 14.2 Å². The summed E-state index contributed by atoms with van der Waals surface area (Å²) in [4.78, 5) is 27.0. The Morgan fingerprint density at radius 1 is 1.00 bits per heavy atom. The molecule has 0 aromatic heterocycles. The quantitative estimate of drug-likeness (QED) is 0.433. The van der Waals surface area contributed by atoms with Gasteiger partial charge in [0.15, 0.2) is 17.6 Å². The van der Waals surface area contributed by atoms with E-state index in [1.54, 1.807) is 20.8 Å².